The largest absolute Gasteiger partial charge is 0.444 e. The number of carbonyl (C=O) groups excluding carboxylic acids is 1. The van der Waals surface area contributed by atoms with Gasteiger partial charge in [0.15, 0.2) is 8.32 Å². The summed E-state index contributed by atoms with van der Waals surface area (Å²) < 4.78 is 18.9. The molecule has 1 aromatic rings. The molecule has 0 saturated carbocycles. The van der Waals surface area contributed by atoms with Crippen LogP contribution in [0.5, 0.6) is 0 Å². The predicted octanol–water partition coefficient (Wildman–Crippen LogP) is 6.84. The van der Waals surface area contributed by atoms with Crippen LogP contribution in [0.25, 0.3) is 0 Å². The second-order valence-corrected chi connectivity index (χ2v) is 16.9. The van der Waals surface area contributed by atoms with Crippen molar-refractivity contribution in [1.29, 1.82) is 0 Å². The maximum absolute atomic E-state index is 13.3. The van der Waals surface area contributed by atoms with Gasteiger partial charge in [-0.05, 0) is 63.2 Å². The first-order valence-corrected chi connectivity index (χ1v) is 15.5. The van der Waals surface area contributed by atoms with E-state index in [0.29, 0.717) is 13.2 Å². The van der Waals surface area contributed by atoms with Gasteiger partial charge in [-0.2, -0.15) is 0 Å². The molecule has 1 aliphatic heterocycles. The van der Waals surface area contributed by atoms with Crippen LogP contribution >= 0.6 is 0 Å². The summed E-state index contributed by atoms with van der Waals surface area (Å²) in [6.45, 7) is 24.1. The molecule has 0 aromatic heterocycles. The molecule has 1 amide bonds. The van der Waals surface area contributed by atoms with Crippen molar-refractivity contribution in [2.45, 2.75) is 103 Å². The molecule has 0 unspecified atom stereocenters. The molecular weight excluding hydrogens is 442 g/mol. The molecular formula is C28H47NO4Si. The summed E-state index contributed by atoms with van der Waals surface area (Å²) in [6.07, 6.45) is 2.89. The van der Waals surface area contributed by atoms with Crippen LogP contribution < -0.4 is 0 Å². The van der Waals surface area contributed by atoms with Crippen LogP contribution in [0.3, 0.4) is 0 Å². The van der Waals surface area contributed by atoms with Crippen LogP contribution in [0.15, 0.2) is 43.0 Å². The van der Waals surface area contributed by atoms with Gasteiger partial charge in [0.05, 0.1) is 31.4 Å². The molecule has 1 aliphatic rings. The highest BCUT2D eigenvalue weighted by Gasteiger charge is 2.48. The van der Waals surface area contributed by atoms with E-state index in [-0.39, 0.29) is 35.3 Å². The van der Waals surface area contributed by atoms with Crippen LogP contribution in [0, 0.1) is 5.92 Å². The van der Waals surface area contributed by atoms with Crippen LogP contribution in [-0.4, -0.2) is 56.3 Å². The number of benzene rings is 1. The lowest BCUT2D eigenvalue weighted by Crippen LogP contribution is -2.54. The summed E-state index contributed by atoms with van der Waals surface area (Å²) in [5.41, 5.74) is 0.716. The number of ether oxygens (including phenoxy) is 2. The first-order chi connectivity index (χ1) is 15.6. The molecule has 2 rings (SSSR count). The average Bonchev–Trinajstić information content (AvgIpc) is 3.13. The van der Waals surface area contributed by atoms with E-state index in [1.165, 1.54) is 5.56 Å². The van der Waals surface area contributed by atoms with E-state index >= 15 is 0 Å². The van der Waals surface area contributed by atoms with Crippen molar-refractivity contribution in [3.8, 4) is 0 Å². The lowest BCUT2D eigenvalue weighted by Gasteiger charge is -2.44. The Morgan fingerprint density at radius 3 is 2.32 bits per heavy atom. The molecule has 0 aliphatic carbocycles. The molecule has 0 spiro atoms. The molecule has 0 radical (unpaired) electrons. The Bertz CT molecular complexity index is 797. The second kappa shape index (κ2) is 11.4. The van der Waals surface area contributed by atoms with E-state index in [1.54, 1.807) is 6.08 Å². The van der Waals surface area contributed by atoms with Crippen molar-refractivity contribution in [3.05, 3.63) is 48.6 Å². The normalized spacial score (nSPS) is 21.3. The molecule has 1 saturated heterocycles. The third-order valence-electron chi connectivity index (χ3n) is 6.96. The van der Waals surface area contributed by atoms with Gasteiger partial charge in [0.1, 0.15) is 5.60 Å². The lowest BCUT2D eigenvalue weighted by atomic mass is 9.90. The van der Waals surface area contributed by atoms with Crippen molar-refractivity contribution in [1.82, 2.24) is 4.90 Å². The molecule has 1 aromatic carbocycles. The Kier molecular flexibility index (Phi) is 9.59. The van der Waals surface area contributed by atoms with E-state index in [4.69, 9.17) is 13.9 Å². The number of rotatable bonds is 9. The second-order valence-electron chi connectivity index (χ2n) is 12.2. The van der Waals surface area contributed by atoms with Crippen molar-refractivity contribution < 1.29 is 18.7 Å². The number of carbonyl (C=O) groups is 1. The minimum atomic E-state index is -2.11. The summed E-state index contributed by atoms with van der Waals surface area (Å²) in [5.74, 6) is 0.213. The topological polar surface area (TPSA) is 48.0 Å². The Hall–Kier alpha value is -1.63. The highest BCUT2D eigenvalue weighted by molar-refractivity contribution is 6.74. The first-order valence-electron chi connectivity index (χ1n) is 12.6. The number of nitrogens with zero attached hydrogens (tertiary/aromatic N) is 1. The SMILES string of the molecule is C=CCO[C@@H]1C[C@H]([C@H](O[Si](C)(C)C(C)(C)C)[C@@H](C)Cc2ccccc2)N(C(=O)OC(C)(C)C)C1. The van der Waals surface area contributed by atoms with Crippen molar-refractivity contribution in [2.75, 3.05) is 13.2 Å². The molecule has 5 nitrogen and oxygen atoms in total. The Morgan fingerprint density at radius 1 is 1.18 bits per heavy atom. The smallest absolute Gasteiger partial charge is 0.410 e. The van der Waals surface area contributed by atoms with E-state index in [0.717, 1.165) is 12.8 Å². The molecule has 4 atom stereocenters. The first kappa shape index (κ1) is 28.6. The van der Waals surface area contributed by atoms with E-state index in [9.17, 15) is 4.79 Å². The monoisotopic (exact) mass is 489 g/mol. The fourth-order valence-electron chi connectivity index (χ4n) is 4.19. The van der Waals surface area contributed by atoms with Gasteiger partial charge in [0.2, 0.25) is 0 Å². The molecule has 0 bridgehead atoms. The highest BCUT2D eigenvalue weighted by atomic mass is 28.4. The number of hydrogen-bond donors (Lipinski definition) is 0. The van der Waals surface area contributed by atoms with Crippen LogP contribution in [-0.2, 0) is 20.3 Å². The lowest BCUT2D eigenvalue weighted by molar-refractivity contribution is -0.00249. The van der Waals surface area contributed by atoms with Crippen LogP contribution in [0.1, 0.15) is 60.5 Å². The van der Waals surface area contributed by atoms with Gasteiger partial charge in [-0.25, -0.2) is 4.79 Å². The van der Waals surface area contributed by atoms with Gasteiger partial charge in [-0.15, -0.1) is 6.58 Å². The quantitative estimate of drug-likeness (QED) is 0.281. The zero-order valence-corrected chi connectivity index (χ0v) is 23.9. The maximum atomic E-state index is 13.3. The minimum Gasteiger partial charge on any atom is -0.444 e. The maximum Gasteiger partial charge on any atom is 0.410 e. The van der Waals surface area contributed by atoms with Gasteiger partial charge in [0, 0.05) is 0 Å². The van der Waals surface area contributed by atoms with Crippen molar-refractivity contribution in [3.63, 3.8) is 0 Å². The van der Waals surface area contributed by atoms with E-state index in [2.05, 4.69) is 71.6 Å². The van der Waals surface area contributed by atoms with Crippen LogP contribution in [0.2, 0.25) is 18.1 Å². The van der Waals surface area contributed by atoms with Crippen molar-refractivity contribution in [2.24, 2.45) is 5.92 Å². The van der Waals surface area contributed by atoms with E-state index < -0.39 is 13.9 Å². The third-order valence-corrected chi connectivity index (χ3v) is 11.4. The van der Waals surface area contributed by atoms with Gasteiger partial charge in [0.25, 0.3) is 0 Å². The summed E-state index contributed by atoms with van der Waals surface area (Å²) in [6, 6.07) is 10.4. The van der Waals surface area contributed by atoms with Gasteiger partial charge >= 0.3 is 6.09 Å². The Balaban J connectivity index is 2.41. The summed E-state index contributed by atoms with van der Waals surface area (Å²) in [7, 11) is -2.11. The Labute approximate surface area is 209 Å². The zero-order chi connectivity index (χ0) is 25.7. The van der Waals surface area contributed by atoms with E-state index in [1.807, 2.05) is 31.7 Å². The molecule has 0 N–H and O–H groups in total. The fourth-order valence-corrected chi connectivity index (χ4v) is 5.61. The predicted molar refractivity (Wildman–Crippen MR) is 143 cm³/mol. The summed E-state index contributed by atoms with van der Waals surface area (Å²) in [4.78, 5) is 15.2. The van der Waals surface area contributed by atoms with Gasteiger partial charge < -0.3 is 13.9 Å². The molecule has 1 heterocycles. The Morgan fingerprint density at radius 2 is 1.79 bits per heavy atom. The summed E-state index contributed by atoms with van der Waals surface area (Å²) in [5, 5.41) is 0.0613. The van der Waals surface area contributed by atoms with Gasteiger partial charge in [-0.1, -0.05) is 64.1 Å². The van der Waals surface area contributed by atoms with Gasteiger partial charge in [-0.3, -0.25) is 4.90 Å². The molecule has 6 heteroatoms. The van der Waals surface area contributed by atoms with Crippen LogP contribution in [0.4, 0.5) is 4.79 Å². The summed E-state index contributed by atoms with van der Waals surface area (Å²) >= 11 is 0. The standard InChI is InChI=1S/C28H47NO4Si/c1-11-17-31-23-19-24(29(20-23)26(30)32-27(3,4)5)25(33-34(9,10)28(6,7)8)21(2)18-22-15-13-12-14-16-22/h11-16,21,23-25H,1,17-20H2,2-10H3/t21-,23+,24+,25+/m0/s1. The molecule has 1 fully saturated rings. The average molecular weight is 490 g/mol. The minimum absolute atomic E-state index is 0.0613. The number of hydrogen-bond acceptors (Lipinski definition) is 4. The number of amides is 1. The third kappa shape index (κ3) is 7.96. The highest BCUT2D eigenvalue weighted by Crippen LogP contribution is 2.41. The fraction of sp³-hybridized carbons (Fsp3) is 0.679. The molecule has 192 valence electrons. The zero-order valence-electron chi connectivity index (χ0n) is 22.9. The molecule has 34 heavy (non-hydrogen) atoms. The number of likely N-dealkylation sites (tertiary alicyclic amines) is 1. The van der Waals surface area contributed by atoms with Crippen molar-refractivity contribution >= 4 is 14.4 Å².